The lowest BCUT2D eigenvalue weighted by Gasteiger charge is -2.30. The SMILES string of the molecule is CCCCC(C)(C)C(O)/C=C/[C@H]1[C@@H](COCCCCCCCC(=O)O)[C@H]2CC[C@@H]1O2. The first kappa shape index (κ1) is 25.4. The summed E-state index contributed by atoms with van der Waals surface area (Å²) >= 11 is 0. The quantitative estimate of drug-likeness (QED) is 0.258. The number of ether oxygens (including phenoxy) is 2. The van der Waals surface area contributed by atoms with Crippen molar-refractivity contribution in [1.29, 1.82) is 0 Å². The smallest absolute Gasteiger partial charge is 0.303 e. The maximum Gasteiger partial charge on any atom is 0.303 e. The number of aliphatic carboxylic acids is 1. The van der Waals surface area contributed by atoms with Gasteiger partial charge in [0, 0.05) is 24.9 Å². The Balaban J connectivity index is 1.70. The minimum Gasteiger partial charge on any atom is -0.481 e. The summed E-state index contributed by atoms with van der Waals surface area (Å²) in [6.45, 7) is 7.98. The molecule has 2 aliphatic heterocycles. The van der Waals surface area contributed by atoms with Crippen molar-refractivity contribution in [3.8, 4) is 0 Å². The van der Waals surface area contributed by atoms with Crippen LogP contribution in [0, 0.1) is 17.3 Å². The minimum atomic E-state index is -0.702. The summed E-state index contributed by atoms with van der Waals surface area (Å²) in [7, 11) is 0. The van der Waals surface area contributed by atoms with E-state index < -0.39 is 12.1 Å². The first-order valence-electron chi connectivity index (χ1n) is 12.2. The Morgan fingerprint density at radius 3 is 2.57 bits per heavy atom. The molecule has 2 N–H and O–H groups in total. The van der Waals surface area contributed by atoms with Crippen molar-refractivity contribution in [2.24, 2.45) is 17.3 Å². The lowest BCUT2D eigenvalue weighted by Crippen LogP contribution is -2.31. The third-order valence-electron chi connectivity index (χ3n) is 6.97. The van der Waals surface area contributed by atoms with Gasteiger partial charge in [-0.1, -0.05) is 65.0 Å². The van der Waals surface area contributed by atoms with Crippen LogP contribution < -0.4 is 0 Å². The number of carboxylic acids is 1. The molecule has 0 aromatic carbocycles. The van der Waals surface area contributed by atoms with Crippen molar-refractivity contribution in [1.82, 2.24) is 0 Å². The van der Waals surface area contributed by atoms with E-state index in [9.17, 15) is 9.90 Å². The van der Waals surface area contributed by atoms with E-state index in [-0.39, 0.29) is 17.9 Å². The van der Waals surface area contributed by atoms with Gasteiger partial charge in [-0.15, -0.1) is 0 Å². The number of carboxylic acid groups (broad SMARTS) is 1. The Morgan fingerprint density at radius 2 is 1.83 bits per heavy atom. The van der Waals surface area contributed by atoms with Gasteiger partial charge in [0.1, 0.15) is 0 Å². The molecule has 2 rings (SSSR count). The Kier molecular flexibility index (Phi) is 10.8. The van der Waals surface area contributed by atoms with Gasteiger partial charge in [-0.25, -0.2) is 0 Å². The maximum absolute atomic E-state index is 10.7. The Morgan fingerprint density at radius 1 is 1.13 bits per heavy atom. The van der Waals surface area contributed by atoms with Gasteiger partial charge in [0.25, 0.3) is 0 Å². The summed E-state index contributed by atoms with van der Waals surface area (Å²) < 4.78 is 12.2. The van der Waals surface area contributed by atoms with Gasteiger partial charge in [0.2, 0.25) is 0 Å². The largest absolute Gasteiger partial charge is 0.481 e. The molecule has 0 radical (unpaired) electrons. The molecular weight excluding hydrogens is 380 g/mol. The zero-order valence-electron chi connectivity index (χ0n) is 19.4. The van der Waals surface area contributed by atoms with Crippen LogP contribution in [-0.4, -0.2) is 47.7 Å². The number of aliphatic hydroxyl groups excluding tert-OH is 1. The lowest BCUT2D eigenvalue weighted by molar-refractivity contribution is -0.137. The molecule has 174 valence electrons. The normalized spacial score (nSPS) is 27.2. The summed E-state index contributed by atoms with van der Waals surface area (Å²) in [6, 6.07) is 0. The second-order valence-electron chi connectivity index (χ2n) is 9.94. The van der Waals surface area contributed by atoms with Gasteiger partial charge in [0.15, 0.2) is 0 Å². The molecule has 2 bridgehead atoms. The zero-order valence-corrected chi connectivity index (χ0v) is 19.4. The van der Waals surface area contributed by atoms with E-state index in [1.807, 2.05) is 6.08 Å². The Hall–Kier alpha value is -0.910. The topological polar surface area (TPSA) is 76.0 Å². The predicted octanol–water partition coefficient (Wildman–Crippen LogP) is 5.36. The second kappa shape index (κ2) is 12.8. The van der Waals surface area contributed by atoms with Crippen LogP contribution in [0.5, 0.6) is 0 Å². The molecule has 5 nitrogen and oxygen atoms in total. The number of aliphatic hydroxyl groups is 1. The Labute approximate surface area is 183 Å². The molecule has 2 fully saturated rings. The van der Waals surface area contributed by atoms with Crippen LogP contribution in [0.25, 0.3) is 0 Å². The van der Waals surface area contributed by atoms with E-state index in [0.717, 1.165) is 77.4 Å². The minimum absolute atomic E-state index is 0.0958. The number of unbranched alkanes of at least 4 members (excludes halogenated alkanes) is 5. The van der Waals surface area contributed by atoms with Crippen molar-refractivity contribution in [3.05, 3.63) is 12.2 Å². The van der Waals surface area contributed by atoms with Crippen LogP contribution in [-0.2, 0) is 14.3 Å². The Bertz CT molecular complexity index is 530. The van der Waals surface area contributed by atoms with Gasteiger partial charge < -0.3 is 19.7 Å². The van der Waals surface area contributed by atoms with Crippen LogP contribution in [0.1, 0.15) is 91.4 Å². The summed E-state index contributed by atoms with van der Waals surface area (Å²) in [5.41, 5.74) is -0.0958. The molecule has 1 unspecified atom stereocenters. The average Bonchev–Trinajstić information content (AvgIpc) is 3.30. The van der Waals surface area contributed by atoms with Gasteiger partial charge in [-0.2, -0.15) is 0 Å². The van der Waals surface area contributed by atoms with Gasteiger partial charge in [0.05, 0.1) is 24.9 Å². The van der Waals surface area contributed by atoms with E-state index in [2.05, 4.69) is 26.8 Å². The van der Waals surface area contributed by atoms with Crippen LogP contribution in [0.4, 0.5) is 0 Å². The van der Waals surface area contributed by atoms with Crippen LogP contribution in [0.3, 0.4) is 0 Å². The molecule has 2 heterocycles. The van der Waals surface area contributed by atoms with Crippen molar-refractivity contribution >= 4 is 5.97 Å². The first-order chi connectivity index (χ1) is 14.3. The number of rotatable bonds is 16. The van der Waals surface area contributed by atoms with E-state index in [1.165, 1.54) is 0 Å². The number of fused-ring (bicyclic) bond motifs is 2. The summed E-state index contributed by atoms with van der Waals surface area (Å²) in [5, 5.41) is 19.3. The van der Waals surface area contributed by atoms with Gasteiger partial charge in [-0.3, -0.25) is 4.79 Å². The van der Waals surface area contributed by atoms with Crippen molar-refractivity contribution in [2.45, 2.75) is 110 Å². The van der Waals surface area contributed by atoms with Crippen molar-refractivity contribution in [3.63, 3.8) is 0 Å². The lowest BCUT2D eigenvalue weighted by atomic mass is 9.77. The highest BCUT2D eigenvalue weighted by Crippen LogP contribution is 2.44. The van der Waals surface area contributed by atoms with Crippen LogP contribution in [0.2, 0.25) is 0 Å². The molecule has 0 amide bonds. The molecule has 2 saturated heterocycles. The highest BCUT2D eigenvalue weighted by atomic mass is 16.5. The monoisotopic (exact) mass is 424 g/mol. The van der Waals surface area contributed by atoms with Crippen molar-refractivity contribution in [2.75, 3.05) is 13.2 Å². The maximum atomic E-state index is 10.7. The van der Waals surface area contributed by atoms with Crippen LogP contribution >= 0.6 is 0 Å². The molecule has 5 heteroatoms. The number of carbonyl (C=O) groups is 1. The van der Waals surface area contributed by atoms with Crippen LogP contribution in [0.15, 0.2) is 12.2 Å². The molecule has 0 aromatic rings. The number of hydrogen-bond acceptors (Lipinski definition) is 4. The molecule has 30 heavy (non-hydrogen) atoms. The molecule has 0 saturated carbocycles. The van der Waals surface area contributed by atoms with Gasteiger partial charge >= 0.3 is 5.97 Å². The van der Waals surface area contributed by atoms with Crippen molar-refractivity contribution < 1.29 is 24.5 Å². The molecule has 0 aromatic heterocycles. The summed E-state index contributed by atoms with van der Waals surface area (Å²) in [6.07, 6.45) is 15.2. The fraction of sp³-hybridized carbons (Fsp3) is 0.880. The van der Waals surface area contributed by atoms with Gasteiger partial charge in [-0.05, 0) is 37.5 Å². The molecular formula is C25H44O5. The average molecular weight is 425 g/mol. The third-order valence-corrected chi connectivity index (χ3v) is 6.97. The first-order valence-corrected chi connectivity index (χ1v) is 12.2. The fourth-order valence-corrected chi connectivity index (χ4v) is 4.80. The highest BCUT2D eigenvalue weighted by Gasteiger charge is 2.47. The number of hydrogen-bond donors (Lipinski definition) is 2. The molecule has 0 spiro atoms. The molecule has 2 aliphatic rings. The second-order valence-corrected chi connectivity index (χ2v) is 9.94. The van der Waals surface area contributed by atoms with E-state index in [1.54, 1.807) is 0 Å². The summed E-state index contributed by atoms with van der Waals surface area (Å²) in [4.78, 5) is 10.5. The summed E-state index contributed by atoms with van der Waals surface area (Å²) in [5.74, 6) is 0.0324. The zero-order chi connectivity index (χ0) is 22.0. The molecule has 5 atom stereocenters. The highest BCUT2D eigenvalue weighted by molar-refractivity contribution is 5.66. The standard InChI is InChI=1S/C25H44O5/c1-4-5-16-25(2,3)23(26)15-12-19-20(22-14-13-21(19)30-22)18-29-17-10-8-6-7-9-11-24(27)28/h12,15,19-23,26H,4-11,13-14,16-18H2,1-3H3,(H,27,28)/b15-12+/t19-,20+,21-,22+,23?/m0/s1. The third kappa shape index (κ3) is 7.97. The fourth-order valence-electron chi connectivity index (χ4n) is 4.80. The van der Waals surface area contributed by atoms with E-state index in [0.29, 0.717) is 17.9 Å². The molecule has 0 aliphatic carbocycles. The van der Waals surface area contributed by atoms with E-state index >= 15 is 0 Å². The predicted molar refractivity (Wildman–Crippen MR) is 119 cm³/mol. The van der Waals surface area contributed by atoms with E-state index in [4.69, 9.17) is 14.6 Å².